The summed E-state index contributed by atoms with van der Waals surface area (Å²) in [5, 5.41) is 13.6. The molecule has 1 aliphatic carbocycles. The number of aliphatic hydroxyl groups is 1. The molecule has 2 N–H and O–H groups in total. The van der Waals surface area contributed by atoms with E-state index in [0.717, 1.165) is 38.5 Å². The van der Waals surface area contributed by atoms with Gasteiger partial charge in [0, 0.05) is 26.2 Å². The number of hydrogen-bond acceptors (Lipinski definition) is 5. The summed E-state index contributed by atoms with van der Waals surface area (Å²) in [6.07, 6.45) is 8.09. The molecule has 0 amide bonds. The second-order valence-electron chi connectivity index (χ2n) is 6.41. The standard InChI is InChI=1S/C17H31NO4/c1-4-5-13(11-20-2)18-17(19)16-10-12-6-7-14(21-3)8-9-15(12)22-16/h10,12-15,17-19H,4-9,11H2,1-3H3. The van der Waals surface area contributed by atoms with Crippen molar-refractivity contribution in [2.24, 2.45) is 5.92 Å². The van der Waals surface area contributed by atoms with Gasteiger partial charge in [-0.1, -0.05) is 13.3 Å². The van der Waals surface area contributed by atoms with Gasteiger partial charge in [-0.25, -0.2) is 0 Å². The van der Waals surface area contributed by atoms with Gasteiger partial charge >= 0.3 is 0 Å². The molecule has 1 heterocycles. The number of methoxy groups -OCH3 is 2. The molecule has 1 fully saturated rings. The van der Waals surface area contributed by atoms with E-state index in [1.54, 1.807) is 14.2 Å². The lowest BCUT2D eigenvalue weighted by Gasteiger charge is -2.23. The van der Waals surface area contributed by atoms with E-state index in [4.69, 9.17) is 14.2 Å². The first-order valence-electron chi connectivity index (χ1n) is 8.52. The third-order valence-corrected chi connectivity index (χ3v) is 4.74. The molecule has 128 valence electrons. The Kier molecular flexibility index (Phi) is 7.15. The monoisotopic (exact) mass is 313 g/mol. The van der Waals surface area contributed by atoms with Crippen LogP contribution < -0.4 is 5.32 Å². The van der Waals surface area contributed by atoms with Gasteiger partial charge in [0.25, 0.3) is 0 Å². The molecular formula is C17H31NO4. The van der Waals surface area contributed by atoms with Crippen LogP contribution in [0, 0.1) is 5.92 Å². The predicted molar refractivity (Wildman–Crippen MR) is 85.4 cm³/mol. The van der Waals surface area contributed by atoms with Crippen LogP contribution >= 0.6 is 0 Å². The van der Waals surface area contributed by atoms with Gasteiger partial charge in [0.15, 0.2) is 6.23 Å². The van der Waals surface area contributed by atoms with Crippen molar-refractivity contribution in [1.82, 2.24) is 5.32 Å². The molecule has 0 bridgehead atoms. The van der Waals surface area contributed by atoms with Crippen molar-refractivity contribution in [2.45, 2.75) is 69.9 Å². The third-order valence-electron chi connectivity index (χ3n) is 4.74. The van der Waals surface area contributed by atoms with Crippen LogP contribution in [0.25, 0.3) is 0 Å². The zero-order chi connectivity index (χ0) is 15.9. The lowest BCUT2D eigenvalue weighted by Crippen LogP contribution is -2.42. The molecule has 5 unspecified atom stereocenters. The fraction of sp³-hybridized carbons (Fsp3) is 0.882. The summed E-state index contributed by atoms with van der Waals surface area (Å²) in [7, 11) is 3.47. The molecule has 0 radical (unpaired) electrons. The van der Waals surface area contributed by atoms with Gasteiger partial charge in [-0.05, 0) is 38.2 Å². The molecule has 5 atom stereocenters. The van der Waals surface area contributed by atoms with E-state index < -0.39 is 6.23 Å². The number of fused-ring (bicyclic) bond motifs is 1. The van der Waals surface area contributed by atoms with Gasteiger partial charge < -0.3 is 19.3 Å². The van der Waals surface area contributed by atoms with Crippen molar-refractivity contribution in [3.8, 4) is 0 Å². The zero-order valence-corrected chi connectivity index (χ0v) is 14.1. The summed E-state index contributed by atoms with van der Waals surface area (Å²) in [6, 6.07) is 0.151. The molecular weight excluding hydrogens is 282 g/mol. The number of aliphatic hydroxyl groups excluding tert-OH is 1. The van der Waals surface area contributed by atoms with Crippen molar-refractivity contribution in [1.29, 1.82) is 0 Å². The molecule has 0 saturated heterocycles. The largest absolute Gasteiger partial charge is 0.490 e. The maximum atomic E-state index is 10.4. The fourth-order valence-corrected chi connectivity index (χ4v) is 3.50. The van der Waals surface area contributed by atoms with Crippen LogP contribution in [-0.4, -0.2) is 50.4 Å². The lowest BCUT2D eigenvalue weighted by atomic mass is 9.98. The lowest BCUT2D eigenvalue weighted by molar-refractivity contribution is 0.0266. The topological polar surface area (TPSA) is 60.0 Å². The number of hydrogen-bond donors (Lipinski definition) is 2. The highest BCUT2D eigenvalue weighted by molar-refractivity contribution is 5.11. The van der Waals surface area contributed by atoms with Crippen LogP contribution in [0.15, 0.2) is 11.8 Å². The van der Waals surface area contributed by atoms with Gasteiger partial charge in [-0.3, -0.25) is 5.32 Å². The Morgan fingerprint density at radius 1 is 1.32 bits per heavy atom. The van der Waals surface area contributed by atoms with Crippen molar-refractivity contribution in [3.05, 3.63) is 11.8 Å². The average molecular weight is 313 g/mol. The van der Waals surface area contributed by atoms with Crippen molar-refractivity contribution in [2.75, 3.05) is 20.8 Å². The normalized spacial score (nSPS) is 30.9. The van der Waals surface area contributed by atoms with E-state index >= 15 is 0 Å². The quantitative estimate of drug-likeness (QED) is 0.673. The summed E-state index contributed by atoms with van der Waals surface area (Å²) < 4.78 is 16.7. The maximum absolute atomic E-state index is 10.4. The zero-order valence-electron chi connectivity index (χ0n) is 14.1. The van der Waals surface area contributed by atoms with Crippen molar-refractivity contribution < 1.29 is 19.3 Å². The highest BCUT2D eigenvalue weighted by atomic mass is 16.5. The Hall–Kier alpha value is -0.620. The first kappa shape index (κ1) is 17.7. The molecule has 0 aromatic heterocycles. The van der Waals surface area contributed by atoms with Gasteiger partial charge in [-0.15, -0.1) is 0 Å². The number of rotatable bonds is 8. The highest BCUT2D eigenvalue weighted by Gasteiger charge is 2.35. The van der Waals surface area contributed by atoms with Crippen molar-refractivity contribution >= 4 is 0 Å². The second kappa shape index (κ2) is 8.87. The second-order valence-corrected chi connectivity index (χ2v) is 6.41. The fourth-order valence-electron chi connectivity index (χ4n) is 3.50. The minimum atomic E-state index is -0.739. The van der Waals surface area contributed by atoms with E-state index in [0.29, 0.717) is 24.4 Å². The minimum Gasteiger partial charge on any atom is -0.490 e. The van der Waals surface area contributed by atoms with E-state index in [1.807, 2.05) is 0 Å². The van der Waals surface area contributed by atoms with Gasteiger partial charge in [0.2, 0.25) is 0 Å². The Bertz CT molecular complexity index is 355. The molecule has 2 aliphatic rings. The molecule has 0 aromatic rings. The van der Waals surface area contributed by atoms with Crippen LogP contribution in [0.2, 0.25) is 0 Å². The number of nitrogens with one attached hydrogen (secondary N) is 1. The molecule has 2 rings (SSSR count). The van der Waals surface area contributed by atoms with Crippen LogP contribution in [0.3, 0.4) is 0 Å². The minimum absolute atomic E-state index is 0.151. The first-order chi connectivity index (χ1) is 10.7. The summed E-state index contributed by atoms with van der Waals surface area (Å²) >= 11 is 0. The number of ether oxygens (including phenoxy) is 3. The Morgan fingerprint density at radius 2 is 2.09 bits per heavy atom. The first-order valence-corrected chi connectivity index (χ1v) is 8.52. The smallest absolute Gasteiger partial charge is 0.163 e. The van der Waals surface area contributed by atoms with Crippen molar-refractivity contribution in [3.63, 3.8) is 0 Å². The highest BCUT2D eigenvalue weighted by Crippen LogP contribution is 2.35. The molecule has 5 heteroatoms. The summed E-state index contributed by atoms with van der Waals surface area (Å²) in [5.74, 6) is 1.08. The van der Waals surface area contributed by atoms with Crippen LogP contribution in [0.1, 0.15) is 45.4 Å². The Labute approximate surface area is 134 Å². The third kappa shape index (κ3) is 4.69. The molecule has 5 nitrogen and oxygen atoms in total. The van der Waals surface area contributed by atoms with Gasteiger partial charge in [0.1, 0.15) is 11.9 Å². The molecule has 1 saturated carbocycles. The summed E-state index contributed by atoms with van der Waals surface area (Å²) in [6.45, 7) is 2.73. The molecule has 0 aromatic carbocycles. The van der Waals surface area contributed by atoms with E-state index in [9.17, 15) is 5.11 Å². The maximum Gasteiger partial charge on any atom is 0.163 e. The van der Waals surface area contributed by atoms with Gasteiger partial charge in [-0.2, -0.15) is 0 Å². The van der Waals surface area contributed by atoms with E-state index in [-0.39, 0.29) is 12.1 Å². The predicted octanol–water partition coefficient (Wildman–Crippen LogP) is 2.20. The van der Waals surface area contributed by atoms with Crippen LogP contribution in [0.4, 0.5) is 0 Å². The average Bonchev–Trinajstić information content (AvgIpc) is 2.82. The summed E-state index contributed by atoms with van der Waals surface area (Å²) in [4.78, 5) is 0. The molecule has 22 heavy (non-hydrogen) atoms. The molecule has 1 aliphatic heterocycles. The van der Waals surface area contributed by atoms with Crippen LogP contribution in [-0.2, 0) is 14.2 Å². The SMILES string of the molecule is CCCC(COC)NC(O)C1=CC2CCC(OC)CCC2O1. The van der Waals surface area contributed by atoms with Crippen LogP contribution in [0.5, 0.6) is 0 Å². The van der Waals surface area contributed by atoms with Gasteiger partial charge in [0.05, 0.1) is 12.7 Å². The Morgan fingerprint density at radius 3 is 2.77 bits per heavy atom. The Balaban J connectivity index is 1.89. The van der Waals surface area contributed by atoms with E-state index in [1.165, 1.54) is 0 Å². The summed E-state index contributed by atoms with van der Waals surface area (Å²) in [5.41, 5.74) is 0. The van der Waals surface area contributed by atoms with E-state index in [2.05, 4.69) is 18.3 Å². The molecule has 0 spiro atoms.